The van der Waals surface area contributed by atoms with Crippen LogP contribution < -0.4 is 0 Å². The number of aromatic nitrogens is 2. The molecular formula is C13H20N4O3. The van der Waals surface area contributed by atoms with Crippen molar-refractivity contribution >= 4 is 6.03 Å². The molecule has 0 saturated carbocycles. The predicted octanol–water partition coefficient (Wildman–Crippen LogP) is 1.99. The molecule has 0 spiro atoms. The number of hydroxylamine groups is 2. The smallest absolute Gasteiger partial charge is 0.344 e. The highest BCUT2D eigenvalue weighted by Gasteiger charge is 2.46. The van der Waals surface area contributed by atoms with Gasteiger partial charge in [0.15, 0.2) is 0 Å². The number of piperidine rings is 1. The lowest BCUT2D eigenvalue weighted by Crippen LogP contribution is -2.34. The molecule has 0 radical (unpaired) electrons. The molecule has 0 unspecified atom stereocenters. The predicted molar refractivity (Wildman–Crippen MR) is 68.9 cm³/mol. The minimum Gasteiger partial charge on any atom is -0.423 e. The molecule has 2 fully saturated rings. The van der Waals surface area contributed by atoms with Crippen LogP contribution in [0.1, 0.15) is 51.4 Å². The van der Waals surface area contributed by atoms with Gasteiger partial charge in [0, 0.05) is 13.0 Å². The highest BCUT2D eigenvalue weighted by molar-refractivity contribution is 5.76. The van der Waals surface area contributed by atoms with Gasteiger partial charge in [-0.3, -0.25) is 5.21 Å². The molecule has 2 atom stereocenters. The van der Waals surface area contributed by atoms with Crippen LogP contribution in [0.5, 0.6) is 0 Å². The minimum atomic E-state index is -0.368. The number of rotatable bonds is 2. The maximum atomic E-state index is 11.9. The van der Waals surface area contributed by atoms with Crippen molar-refractivity contribution in [1.29, 1.82) is 0 Å². The van der Waals surface area contributed by atoms with Gasteiger partial charge in [0.1, 0.15) is 6.04 Å². The van der Waals surface area contributed by atoms with Gasteiger partial charge < -0.3 is 9.32 Å². The highest BCUT2D eigenvalue weighted by atomic mass is 16.5. The quantitative estimate of drug-likeness (QED) is 0.838. The Balaban J connectivity index is 1.78. The molecule has 2 saturated heterocycles. The molecule has 7 heteroatoms. The molecular weight excluding hydrogens is 260 g/mol. The number of hydrogen-bond donors (Lipinski definition) is 1. The molecule has 2 aliphatic heterocycles. The number of carbonyl (C=O) groups excluding carboxylic acids is 1. The first kappa shape index (κ1) is 13.4. The lowest BCUT2D eigenvalue weighted by atomic mass is 9.92. The molecule has 0 aliphatic carbocycles. The second kappa shape index (κ2) is 4.44. The maximum Gasteiger partial charge on any atom is 0.344 e. The fraction of sp³-hybridized carbons (Fsp3) is 0.769. The van der Waals surface area contributed by atoms with E-state index in [9.17, 15) is 10.0 Å². The lowest BCUT2D eigenvalue weighted by molar-refractivity contribution is -0.0584. The molecule has 2 bridgehead atoms. The first-order chi connectivity index (χ1) is 9.35. The monoisotopic (exact) mass is 280 g/mol. The summed E-state index contributed by atoms with van der Waals surface area (Å²) in [6.45, 7) is 6.85. The number of urea groups is 1. The maximum absolute atomic E-state index is 11.9. The van der Waals surface area contributed by atoms with Crippen LogP contribution in [0.4, 0.5) is 4.79 Å². The van der Waals surface area contributed by atoms with Crippen LogP contribution >= 0.6 is 0 Å². The molecule has 1 aromatic rings. The number of hydrogen-bond acceptors (Lipinski definition) is 5. The number of amides is 2. The van der Waals surface area contributed by atoms with Gasteiger partial charge in [0.25, 0.3) is 0 Å². The van der Waals surface area contributed by atoms with E-state index < -0.39 is 0 Å². The second-order valence-corrected chi connectivity index (χ2v) is 6.80. The second-order valence-electron chi connectivity index (χ2n) is 6.80. The van der Waals surface area contributed by atoms with Gasteiger partial charge in [-0.2, -0.15) is 0 Å². The highest BCUT2D eigenvalue weighted by Crippen LogP contribution is 2.37. The zero-order valence-corrected chi connectivity index (χ0v) is 12.0. The first-order valence-corrected chi connectivity index (χ1v) is 6.96. The van der Waals surface area contributed by atoms with Crippen molar-refractivity contribution in [2.45, 2.75) is 52.1 Å². The van der Waals surface area contributed by atoms with Crippen molar-refractivity contribution in [2.24, 2.45) is 5.41 Å². The Bertz CT molecular complexity index is 522. The molecule has 1 N–H and O–H groups in total. The van der Waals surface area contributed by atoms with Crippen LogP contribution in [0.3, 0.4) is 0 Å². The summed E-state index contributed by atoms with van der Waals surface area (Å²) in [6, 6.07) is -0.680. The first-order valence-electron chi connectivity index (χ1n) is 6.96. The van der Waals surface area contributed by atoms with Gasteiger partial charge in [0.2, 0.25) is 11.8 Å². The molecule has 2 aliphatic rings. The van der Waals surface area contributed by atoms with E-state index in [4.69, 9.17) is 4.42 Å². The minimum absolute atomic E-state index is 0.0762. The van der Waals surface area contributed by atoms with E-state index in [0.29, 0.717) is 24.7 Å². The lowest BCUT2D eigenvalue weighted by Gasteiger charge is -2.27. The summed E-state index contributed by atoms with van der Waals surface area (Å²) in [4.78, 5) is 13.5. The van der Waals surface area contributed by atoms with Crippen LogP contribution in [0.25, 0.3) is 0 Å². The average Bonchev–Trinajstić information content (AvgIpc) is 2.89. The van der Waals surface area contributed by atoms with E-state index in [1.807, 2.05) is 0 Å². The Morgan fingerprint density at radius 3 is 2.80 bits per heavy atom. The Morgan fingerprint density at radius 1 is 1.35 bits per heavy atom. The Labute approximate surface area is 117 Å². The molecule has 0 aromatic carbocycles. The Morgan fingerprint density at radius 2 is 2.10 bits per heavy atom. The van der Waals surface area contributed by atoms with Gasteiger partial charge in [-0.15, -0.1) is 10.2 Å². The Hall–Kier alpha value is -1.63. The molecule has 2 amide bonds. The largest absolute Gasteiger partial charge is 0.423 e. The number of nitrogens with zero attached hydrogens (tertiary/aromatic N) is 4. The fourth-order valence-electron chi connectivity index (χ4n) is 2.83. The molecule has 110 valence electrons. The molecule has 7 nitrogen and oxygen atoms in total. The third-order valence-electron chi connectivity index (χ3n) is 3.79. The number of carbonyl (C=O) groups is 1. The standard InChI is InChI=1S/C13H20N4O3/c1-13(2,3)6-10-14-15-11(20-10)9-5-4-8-7-16(9)12(18)17(8)19/h8-9,19H,4-7H2,1-3H3/t8-,9+/m1/s1. The van der Waals surface area contributed by atoms with Crippen molar-refractivity contribution < 1.29 is 14.4 Å². The van der Waals surface area contributed by atoms with Crippen LogP contribution in [-0.4, -0.2) is 44.0 Å². The zero-order chi connectivity index (χ0) is 14.5. The van der Waals surface area contributed by atoms with E-state index in [2.05, 4.69) is 31.0 Å². The summed E-state index contributed by atoms with van der Waals surface area (Å²) >= 11 is 0. The third-order valence-corrected chi connectivity index (χ3v) is 3.79. The van der Waals surface area contributed by atoms with Crippen LogP contribution in [-0.2, 0) is 6.42 Å². The number of fused-ring (bicyclic) bond motifs is 2. The molecule has 3 heterocycles. The van der Waals surface area contributed by atoms with Gasteiger partial charge in [-0.25, -0.2) is 9.86 Å². The van der Waals surface area contributed by atoms with E-state index in [0.717, 1.165) is 17.9 Å². The molecule has 1 aromatic heterocycles. The third kappa shape index (κ3) is 2.26. The Kier molecular flexibility index (Phi) is 2.97. The molecule has 3 rings (SSSR count). The van der Waals surface area contributed by atoms with E-state index >= 15 is 0 Å². The van der Waals surface area contributed by atoms with E-state index in [-0.39, 0.29) is 23.5 Å². The van der Waals surface area contributed by atoms with Gasteiger partial charge in [-0.1, -0.05) is 20.8 Å². The molecule has 20 heavy (non-hydrogen) atoms. The van der Waals surface area contributed by atoms with Crippen molar-refractivity contribution in [1.82, 2.24) is 20.2 Å². The van der Waals surface area contributed by atoms with Crippen molar-refractivity contribution in [3.05, 3.63) is 11.8 Å². The van der Waals surface area contributed by atoms with Crippen LogP contribution in [0.15, 0.2) is 4.42 Å². The van der Waals surface area contributed by atoms with Gasteiger partial charge in [0.05, 0.1) is 6.04 Å². The van der Waals surface area contributed by atoms with Crippen molar-refractivity contribution in [3.63, 3.8) is 0 Å². The van der Waals surface area contributed by atoms with Crippen molar-refractivity contribution in [3.8, 4) is 0 Å². The average molecular weight is 280 g/mol. The summed E-state index contributed by atoms with van der Waals surface area (Å²) < 4.78 is 5.72. The zero-order valence-electron chi connectivity index (χ0n) is 12.0. The SMILES string of the molecule is CC(C)(C)Cc1nnc([C@@H]2CC[C@@H]3CN2C(=O)N3O)o1. The fourth-order valence-corrected chi connectivity index (χ4v) is 2.83. The van der Waals surface area contributed by atoms with Crippen LogP contribution in [0.2, 0.25) is 0 Å². The van der Waals surface area contributed by atoms with Gasteiger partial charge >= 0.3 is 6.03 Å². The van der Waals surface area contributed by atoms with E-state index in [1.54, 1.807) is 4.90 Å². The summed E-state index contributed by atoms with van der Waals surface area (Å²) in [5, 5.41) is 18.7. The topological polar surface area (TPSA) is 82.7 Å². The normalized spacial score (nSPS) is 26.5. The summed E-state index contributed by atoms with van der Waals surface area (Å²) in [7, 11) is 0. The van der Waals surface area contributed by atoms with E-state index in [1.165, 1.54) is 0 Å². The summed E-state index contributed by atoms with van der Waals surface area (Å²) in [5.41, 5.74) is 0.0762. The van der Waals surface area contributed by atoms with Crippen LogP contribution in [0, 0.1) is 5.41 Å². The van der Waals surface area contributed by atoms with Crippen molar-refractivity contribution in [2.75, 3.05) is 6.54 Å². The van der Waals surface area contributed by atoms with Gasteiger partial charge in [-0.05, 0) is 18.3 Å². The summed E-state index contributed by atoms with van der Waals surface area (Å²) in [5.74, 6) is 1.08. The summed E-state index contributed by atoms with van der Waals surface area (Å²) in [6.07, 6.45) is 2.19.